The molecule has 5 rings (SSSR count). The second-order valence-corrected chi connectivity index (χ2v) is 7.47. The highest BCUT2D eigenvalue weighted by molar-refractivity contribution is 5.97. The van der Waals surface area contributed by atoms with Crippen LogP contribution < -0.4 is 0 Å². The first-order valence-corrected chi connectivity index (χ1v) is 9.88. The summed E-state index contributed by atoms with van der Waals surface area (Å²) in [5, 5.41) is 4.48. The van der Waals surface area contributed by atoms with Gasteiger partial charge in [-0.3, -0.25) is 4.79 Å². The number of fused-ring (bicyclic) bond motifs is 1. The fourth-order valence-corrected chi connectivity index (χ4v) is 4.30. The number of nitrogens with zero attached hydrogens (tertiary/aromatic N) is 6. The molecule has 2 aliphatic rings. The van der Waals surface area contributed by atoms with Crippen LogP contribution in [0.1, 0.15) is 46.9 Å². The second kappa shape index (κ2) is 7.14. The van der Waals surface area contributed by atoms with Gasteiger partial charge in [-0.15, -0.1) is 0 Å². The fraction of sp³-hybridized carbons (Fsp3) is 0.381. The van der Waals surface area contributed by atoms with E-state index in [1.807, 2.05) is 9.58 Å². The lowest BCUT2D eigenvalue weighted by molar-refractivity contribution is 0.0718. The molecule has 3 aromatic rings. The molecule has 1 amide bonds. The Hall–Kier alpha value is -3.09. The highest BCUT2D eigenvalue weighted by Crippen LogP contribution is 2.32. The van der Waals surface area contributed by atoms with Crippen LogP contribution in [0.4, 0.5) is 0 Å². The second-order valence-electron chi connectivity index (χ2n) is 7.47. The van der Waals surface area contributed by atoms with E-state index >= 15 is 0 Å². The van der Waals surface area contributed by atoms with Gasteiger partial charge in [-0.25, -0.2) is 19.6 Å². The molecular weight excluding hydrogens is 352 g/mol. The van der Waals surface area contributed by atoms with Crippen molar-refractivity contribution >= 4 is 5.91 Å². The average Bonchev–Trinajstić information content (AvgIpc) is 3.40. The number of carbonyl (C=O) groups excluding carboxylic acids is 1. The molecule has 0 atom stereocenters. The van der Waals surface area contributed by atoms with Crippen LogP contribution >= 0.6 is 0 Å². The summed E-state index contributed by atoms with van der Waals surface area (Å²) in [6.07, 6.45) is 9.80. The van der Waals surface area contributed by atoms with Crippen molar-refractivity contribution in [1.82, 2.24) is 29.6 Å². The van der Waals surface area contributed by atoms with Gasteiger partial charge in [0.1, 0.15) is 12.0 Å². The van der Waals surface area contributed by atoms with Crippen molar-refractivity contribution in [2.45, 2.75) is 38.1 Å². The zero-order valence-electron chi connectivity index (χ0n) is 15.7. The van der Waals surface area contributed by atoms with E-state index in [1.165, 1.54) is 17.5 Å². The van der Waals surface area contributed by atoms with Gasteiger partial charge in [-0.2, -0.15) is 5.10 Å². The Balaban J connectivity index is 1.49. The number of piperidine rings is 1. The molecule has 1 fully saturated rings. The Morgan fingerprint density at radius 3 is 2.39 bits per heavy atom. The summed E-state index contributed by atoms with van der Waals surface area (Å²) >= 11 is 0. The van der Waals surface area contributed by atoms with E-state index in [0.717, 1.165) is 38.8 Å². The lowest BCUT2D eigenvalue weighted by Gasteiger charge is -2.26. The molecule has 7 heteroatoms. The summed E-state index contributed by atoms with van der Waals surface area (Å²) in [6.45, 7) is 1.55. The molecule has 3 heterocycles. The highest BCUT2D eigenvalue weighted by atomic mass is 16.2. The molecule has 0 unspecified atom stereocenters. The number of aromatic nitrogens is 5. The molecule has 28 heavy (non-hydrogen) atoms. The minimum atomic E-state index is -0.0629. The van der Waals surface area contributed by atoms with Gasteiger partial charge in [0.2, 0.25) is 0 Å². The topological polar surface area (TPSA) is 76.8 Å². The maximum absolute atomic E-state index is 13.1. The summed E-state index contributed by atoms with van der Waals surface area (Å²) in [5.74, 6) is 0.554. The van der Waals surface area contributed by atoms with Crippen LogP contribution in [-0.4, -0.2) is 48.6 Å². The zero-order valence-corrected chi connectivity index (χ0v) is 15.7. The molecular formula is C21H22N6O. The third-order valence-electron chi connectivity index (χ3n) is 5.70. The Bertz CT molecular complexity index is 982. The molecule has 0 N–H and O–H groups in total. The first-order chi connectivity index (χ1) is 13.8. The number of likely N-dealkylation sites (tertiary alicyclic amines) is 1. The quantitative estimate of drug-likeness (QED) is 0.704. The fourth-order valence-electron chi connectivity index (χ4n) is 4.30. The largest absolute Gasteiger partial charge is 0.337 e. The van der Waals surface area contributed by atoms with E-state index in [-0.39, 0.29) is 11.9 Å². The van der Waals surface area contributed by atoms with E-state index in [1.54, 1.807) is 18.7 Å². The number of benzene rings is 1. The maximum Gasteiger partial charge on any atom is 0.274 e. The van der Waals surface area contributed by atoms with E-state index < -0.39 is 0 Å². The molecule has 1 aromatic carbocycles. The summed E-state index contributed by atoms with van der Waals surface area (Å²) in [5.41, 5.74) is 3.58. The number of hydrogen-bond acceptors (Lipinski definition) is 5. The van der Waals surface area contributed by atoms with E-state index in [4.69, 9.17) is 0 Å². The van der Waals surface area contributed by atoms with Crippen LogP contribution in [0.2, 0.25) is 0 Å². The SMILES string of the molecule is O=C(c1nccnc1-c1ncnn1C1Cc2ccccc2C1)N1CCCCC1. The molecule has 0 bridgehead atoms. The smallest absolute Gasteiger partial charge is 0.274 e. The zero-order chi connectivity index (χ0) is 18.9. The molecule has 0 saturated carbocycles. The minimum absolute atomic E-state index is 0.0629. The van der Waals surface area contributed by atoms with Gasteiger partial charge in [0, 0.05) is 25.5 Å². The number of rotatable bonds is 3. The third-order valence-corrected chi connectivity index (χ3v) is 5.70. The molecule has 2 aromatic heterocycles. The van der Waals surface area contributed by atoms with Crippen molar-refractivity contribution in [3.8, 4) is 11.5 Å². The van der Waals surface area contributed by atoms with E-state index in [9.17, 15) is 4.79 Å². The first kappa shape index (κ1) is 17.0. The number of amides is 1. The average molecular weight is 374 g/mol. The molecule has 1 aliphatic carbocycles. The minimum Gasteiger partial charge on any atom is -0.337 e. The third kappa shape index (κ3) is 2.96. The maximum atomic E-state index is 13.1. The van der Waals surface area contributed by atoms with Crippen LogP contribution in [0.5, 0.6) is 0 Å². The molecule has 0 spiro atoms. The Kier molecular flexibility index (Phi) is 4.35. The molecule has 1 saturated heterocycles. The van der Waals surface area contributed by atoms with E-state index in [2.05, 4.69) is 44.3 Å². The van der Waals surface area contributed by atoms with Crippen molar-refractivity contribution in [3.63, 3.8) is 0 Å². The van der Waals surface area contributed by atoms with Gasteiger partial charge in [0.15, 0.2) is 11.5 Å². The lowest BCUT2D eigenvalue weighted by Crippen LogP contribution is -2.36. The summed E-state index contributed by atoms with van der Waals surface area (Å²) in [6, 6.07) is 8.65. The number of hydrogen-bond donors (Lipinski definition) is 0. The lowest BCUT2D eigenvalue weighted by atomic mass is 10.1. The summed E-state index contributed by atoms with van der Waals surface area (Å²) < 4.78 is 1.91. The van der Waals surface area contributed by atoms with Crippen molar-refractivity contribution in [2.75, 3.05) is 13.1 Å². The molecule has 142 valence electrons. The predicted octanol–water partition coefficient (Wildman–Crippen LogP) is 2.70. The predicted molar refractivity (Wildman–Crippen MR) is 104 cm³/mol. The number of carbonyl (C=O) groups is 1. The first-order valence-electron chi connectivity index (χ1n) is 9.88. The highest BCUT2D eigenvalue weighted by Gasteiger charge is 2.29. The van der Waals surface area contributed by atoms with Crippen LogP contribution in [0.15, 0.2) is 43.0 Å². The Labute approximate surface area is 163 Å². The molecule has 7 nitrogen and oxygen atoms in total. The summed E-state index contributed by atoms with van der Waals surface area (Å²) in [7, 11) is 0. The van der Waals surface area contributed by atoms with Gasteiger partial charge in [0.25, 0.3) is 5.91 Å². The van der Waals surface area contributed by atoms with Gasteiger partial charge in [-0.1, -0.05) is 24.3 Å². The monoisotopic (exact) mass is 374 g/mol. The van der Waals surface area contributed by atoms with Crippen LogP contribution in [0, 0.1) is 0 Å². The Morgan fingerprint density at radius 1 is 0.929 bits per heavy atom. The standard InChI is InChI=1S/C21H22N6O/c28-21(26-10-4-1-5-11-26)19-18(22-8-9-23-19)20-24-14-25-27(20)17-12-15-6-2-3-7-16(15)13-17/h2-3,6-9,14,17H,1,4-5,10-13H2. The summed E-state index contributed by atoms with van der Waals surface area (Å²) in [4.78, 5) is 28.3. The normalized spacial score (nSPS) is 16.9. The Morgan fingerprint density at radius 2 is 1.64 bits per heavy atom. The van der Waals surface area contributed by atoms with Crippen molar-refractivity contribution in [1.29, 1.82) is 0 Å². The van der Waals surface area contributed by atoms with Crippen LogP contribution in [-0.2, 0) is 12.8 Å². The van der Waals surface area contributed by atoms with Crippen molar-refractivity contribution < 1.29 is 4.79 Å². The molecule has 0 radical (unpaired) electrons. The van der Waals surface area contributed by atoms with Gasteiger partial charge in [0.05, 0.1) is 6.04 Å². The molecule has 1 aliphatic heterocycles. The van der Waals surface area contributed by atoms with E-state index in [0.29, 0.717) is 17.2 Å². The van der Waals surface area contributed by atoms with Crippen molar-refractivity contribution in [3.05, 3.63) is 59.8 Å². The van der Waals surface area contributed by atoms with Crippen molar-refractivity contribution in [2.24, 2.45) is 0 Å². The van der Waals surface area contributed by atoms with Crippen LogP contribution in [0.3, 0.4) is 0 Å². The van der Waals surface area contributed by atoms with Crippen LogP contribution in [0.25, 0.3) is 11.5 Å². The van der Waals surface area contributed by atoms with Gasteiger partial charge < -0.3 is 4.90 Å². The van der Waals surface area contributed by atoms with Gasteiger partial charge >= 0.3 is 0 Å². The van der Waals surface area contributed by atoms with Gasteiger partial charge in [-0.05, 0) is 43.2 Å².